The van der Waals surface area contributed by atoms with E-state index in [0.717, 1.165) is 24.8 Å². The van der Waals surface area contributed by atoms with Crippen LogP contribution in [0.25, 0.3) is 0 Å². The summed E-state index contributed by atoms with van der Waals surface area (Å²) in [6.07, 6.45) is 5.80. The van der Waals surface area contributed by atoms with Crippen molar-refractivity contribution in [3.63, 3.8) is 0 Å². The molecule has 0 N–H and O–H groups in total. The van der Waals surface area contributed by atoms with Gasteiger partial charge < -0.3 is 14.2 Å². The van der Waals surface area contributed by atoms with Gasteiger partial charge in [-0.3, -0.25) is 9.78 Å². The summed E-state index contributed by atoms with van der Waals surface area (Å²) in [5, 5.41) is 4.38. The lowest BCUT2D eigenvalue weighted by Gasteiger charge is -2.35. The number of likely N-dealkylation sites (tertiary alicyclic amines) is 1. The summed E-state index contributed by atoms with van der Waals surface area (Å²) in [6.45, 7) is 0.720. The highest BCUT2D eigenvalue weighted by Gasteiger charge is 2.30. The maximum absolute atomic E-state index is 13.3. The number of aromatic nitrogens is 2. The molecule has 3 aromatic rings. The molecule has 0 bridgehead atoms. The zero-order valence-corrected chi connectivity index (χ0v) is 16.3. The van der Waals surface area contributed by atoms with Crippen LogP contribution >= 0.6 is 11.6 Å². The molecule has 1 aliphatic rings. The first-order chi connectivity index (χ1) is 14.1. The first kappa shape index (κ1) is 19.4. The molecule has 1 aliphatic heterocycles. The molecule has 2 aromatic heterocycles. The quantitative estimate of drug-likeness (QED) is 0.598. The summed E-state index contributed by atoms with van der Waals surface area (Å²) in [4.78, 5) is 18.8. The van der Waals surface area contributed by atoms with Crippen molar-refractivity contribution in [2.75, 3.05) is 6.54 Å². The minimum absolute atomic E-state index is 0.101. The molecule has 0 spiro atoms. The van der Waals surface area contributed by atoms with Crippen molar-refractivity contribution < 1.29 is 18.4 Å². The van der Waals surface area contributed by atoms with Gasteiger partial charge in [-0.05, 0) is 37.0 Å². The molecule has 8 heteroatoms. The second-order valence-electron chi connectivity index (χ2n) is 6.87. The monoisotopic (exact) mass is 415 g/mol. The third kappa shape index (κ3) is 4.56. The van der Waals surface area contributed by atoms with Crippen LogP contribution in [0.3, 0.4) is 0 Å². The predicted molar refractivity (Wildman–Crippen MR) is 104 cm³/mol. The number of carbonyl (C=O) groups excluding carboxylic acids is 1. The Labute approximate surface area is 172 Å². The molecule has 1 saturated heterocycles. The van der Waals surface area contributed by atoms with Gasteiger partial charge in [0.15, 0.2) is 11.5 Å². The fraction of sp³-hybridized carbons (Fsp3) is 0.286. The summed E-state index contributed by atoms with van der Waals surface area (Å²) in [7, 11) is 0. The molecule has 3 heterocycles. The number of hydrogen-bond acceptors (Lipinski definition) is 5. The number of nitrogens with zero attached hydrogens (tertiary/aromatic N) is 3. The molecule has 0 radical (unpaired) electrons. The largest absolute Gasteiger partial charge is 0.484 e. The van der Waals surface area contributed by atoms with Crippen LogP contribution in [-0.2, 0) is 6.61 Å². The number of hydrogen-bond donors (Lipinski definition) is 0. The fourth-order valence-electron chi connectivity index (χ4n) is 3.46. The van der Waals surface area contributed by atoms with Gasteiger partial charge in [-0.15, -0.1) is 0 Å². The molecule has 0 saturated carbocycles. The van der Waals surface area contributed by atoms with Crippen LogP contribution in [0.15, 0.2) is 53.3 Å². The minimum Gasteiger partial charge on any atom is -0.484 e. The van der Waals surface area contributed by atoms with E-state index in [9.17, 15) is 9.18 Å². The standard InChI is InChI=1S/C21H19ClFN3O3/c22-15-9-17(12-24-11-15)28-13-18-10-19(25-29-18)21(27)26-8-2-1-3-20(26)14-4-6-16(23)7-5-14/h4-7,9-12,20H,1-3,8,13H2. The molecule has 1 aromatic carbocycles. The molecular formula is C21H19ClFN3O3. The van der Waals surface area contributed by atoms with Gasteiger partial charge in [0.2, 0.25) is 0 Å². The first-order valence-corrected chi connectivity index (χ1v) is 9.73. The van der Waals surface area contributed by atoms with E-state index in [-0.39, 0.29) is 30.1 Å². The number of rotatable bonds is 5. The first-order valence-electron chi connectivity index (χ1n) is 9.35. The van der Waals surface area contributed by atoms with E-state index in [1.165, 1.54) is 24.5 Å². The molecule has 1 amide bonds. The Kier molecular flexibility index (Phi) is 5.76. The van der Waals surface area contributed by atoms with Crippen molar-refractivity contribution >= 4 is 17.5 Å². The Bertz CT molecular complexity index is 993. The highest BCUT2D eigenvalue weighted by molar-refractivity contribution is 6.30. The van der Waals surface area contributed by atoms with E-state index in [2.05, 4.69) is 10.1 Å². The third-order valence-electron chi connectivity index (χ3n) is 4.86. The van der Waals surface area contributed by atoms with Crippen LogP contribution in [0.4, 0.5) is 4.39 Å². The van der Waals surface area contributed by atoms with E-state index >= 15 is 0 Å². The molecule has 1 unspecified atom stereocenters. The summed E-state index contributed by atoms with van der Waals surface area (Å²) >= 11 is 5.88. The van der Waals surface area contributed by atoms with E-state index in [0.29, 0.717) is 23.1 Å². The highest BCUT2D eigenvalue weighted by atomic mass is 35.5. The number of pyridine rings is 1. The number of piperidine rings is 1. The summed E-state index contributed by atoms with van der Waals surface area (Å²) in [5.74, 6) is 0.412. The van der Waals surface area contributed by atoms with Gasteiger partial charge in [-0.1, -0.05) is 28.9 Å². The Morgan fingerprint density at radius 1 is 1.24 bits per heavy atom. The van der Waals surface area contributed by atoms with Crippen molar-refractivity contribution in [3.8, 4) is 5.75 Å². The van der Waals surface area contributed by atoms with E-state index < -0.39 is 0 Å². The second-order valence-corrected chi connectivity index (χ2v) is 7.30. The van der Waals surface area contributed by atoms with E-state index in [4.69, 9.17) is 20.9 Å². The molecule has 29 heavy (non-hydrogen) atoms. The lowest BCUT2D eigenvalue weighted by atomic mass is 9.95. The van der Waals surface area contributed by atoms with Crippen molar-refractivity contribution in [1.82, 2.24) is 15.0 Å². The maximum atomic E-state index is 13.3. The molecule has 1 atom stereocenters. The van der Waals surface area contributed by atoms with Crippen LogP contribution in [0.1, 0.15) is 47.1 Å². The molecule has 150 valence electrons. The summed E-state index contributed by atoms with van der Waals surface area (Å²) in [5.41, 5.74) is 1.14. The van der Waals surface area contributed by atoms with Gasteiger partial charge in [0.1, 0.15) is 18.2 Å². The number of benzene rings is 1. The molecule has 1 fully saturated rings. The van der Waals surface area contributed by atoms with Crippen molar-refractivity contribution in [1.29, 1.82) is 0 Å². The lowest BCUT2D eigenvalue weighted by molar-refractivity contribution is 0.0600. The Morgan fingerprint density at radius 2 is 2.07 bits per heavy atom. The Hall–Kier alpha value is -2.93. The minimum atomic E-state index is -0.293. The lowest BCUT2D eigenvalue weighted by Crippen LogP contribution is -2.38. The normalized spacial score (nSPS) is 16.6. The van der Waals surface area contributed by atoms with E-state index in [1.807, 2.05) is 0 Å². The fourth-order valence-corrected chi connectivity index (χ4v) is 3.62. The van der Waals surface area contributed by atoms with E-state index in [1.54, 1.807) is 29.2 Å². The predicted octanol–water partition coefficient (Wildman–Crippen LogP) is 4.81. The Morgan fingerprint density at radius 3 is 2.86 bits per heavy atom. The molecule has 6 nitrogen and oxygen atoms in total. The molecule has 4 rings (SSSR count). The van der Waals surface area contributed by atoms with Crippen molar-refractivity contribution in [2.24, 2.45) is 0 Å². The Balaban J connectivity index is 1.46. The van der Waals surface area contributed by atoms with Crippen LogP contribution < -0.4 is 4.74 Å². The van der Waals surface area contributed by atoms with Crippen LogP contribution in [0, 0.1) is 5.82 Å². The zero-order valence-electron chi connectivity index (χ0n) is 15.6. The van der Waals surface area contributed by atoms with Crippen LogP contribution in [0.2, 0.25) is 5.02 Å². The van der Waals surface area contributed by atoms with Gasteiger partial charge in [-0.2, -0.15) is 0 Å². The van der Waals surface area contributed by atoms with Crippen LogP contribution in [0.5, 0.6) is 5.75 Å². The van der Waals surface area contributed by atoms with Crippen molar-refractivity contribution in [2.45, 2.75) is 31.9 Å². The number of ether oxygens (including phenoxy) is 1. The summed E-state index contributed by atoms with van der Waals surface area (Å²) < 4.78 is 24.1. The van der Waals surface area contributed by atoms with Crippen LogP contribution in [-0.4, -0.2) is 27.5 Å². The van der Waals surface area contributed by atoms with Gasteiger partial charge in [0.25, 0.3) is 5.91 Å². The topological polar surface area (TPSA) is 68.5 Å². The van der Waals surface area contributed by atoms with Crippen molar-refractivity contribution in [3.05, 3.63) is 76.6 Å². The maximum Gasteiger partial charge on any atom is 0.276 e. The van der Waals surface area contributed by atoms with Gasteiger partial charge in [0.05, 0.1) is 17.3 Å². The highest BCUT2D eigenvalue weighted by Crippen LogP contribution is 2.32. The van der Waals surface area contributed by atoms with Gasteiger partial charge in [0, 0.05) is 24.9 Å². The third-order valence-corrected chi connectivity index (χ3v) is 5.06. The average molecular weight is 416 g/mol. The molecule has 0 aliphatic carbocycles. The average Bonchev–Trinajstić information content (AvgIpc) is 3.21. The number of carbonyl (C=O) groups is 1. The van der Waals surface area contributed by atoms with Gasteiger partial charge in [-0.25, -0.2) is 4.39 Å². The molecular weight excluding hydrogens is 397 g/mol. The number of amides is 1. The smallest absolute Gasteiger partial charge is 0.276 e. The second kappa shape index (κ2) is 8.61. The summed E-state index contributed by atoms with van der Waals surface area (Å²) in [6, 6.07) is 9.41. The van der Waals surface area contributed by atoms with Gasteiger partial charge >= 0.3 is 0 Å². The zero-order chi connectivity index (χ0) is 20.2. The SMILES string of the molecule is O=C(c1cc(COc2cncc(Cl)c2)on1)N1CCCCC1c1ccc(F)cc1. The number of halogens is 2.